The van der Waals surface area contributed by atoms with E-state index in [1.165, 1.54) is 12.3 Å². The third kappa shape index (κ3) is 1.74. The van der Waals surface area contributed by atoms with Gasteiger partial charge in [-0.1, -0.05) is 6.07 Å². The molecule has 1 heterocycles. The summed E-state index contributed by atoms with van der Waals surface area (Å²) in [6, 6.07) is 4.79. The van der Waals surface area contributed by atoms with Gasteiger partial charge in [0.25, 0.3) is 0 Å². The van der Waals surface area contributed by atoms with Gasteiger partial charge in [0.2, 0.25) is 5.88 Å². The predicted molar refractivity (Wildman–Crippen MR) is 32.9 cm³/mol. The van der Waals surface area contributed by atoms with E-state index < -0.39 is 6.16 Å². The van der Waals surface area contributed by atoms with Crippen molar-refractivity contribution in [2.45, 2.75) is 0 Å². The van der Waals surface area contributed by atoms with Crippen molar-refractivity contribution in [3.8, 4) is 5.88 Å². The molecule has 0 aromatic carbocycles. The van der Waals surface area contributed by atoms with Crippen molar-refractivity contribution in [2.24, 2.45) is 0 Å². The van der Waals surface area contributed by atoms with Crippen LogP contribution >= 0.6 is 0 Å². The molecule has 1 aromatic heterocycles. The SMILES string of the molecule is O=C(O)Oc1ccccn1. The van der Waals surface area contributed by atoms with Crippen LogP contribution in [0.1, 0.15) is 0 Å². The highest BCUT2D eigenvalue weighted by Crippen LogP contribution is 2.02. The van der Waals surface area contributed by atoms with E-state index in [0.717, 1.165) is 0 Å². The van der Waals surface area contributed by atoms with Crippen molar-refractivity contribution in [1.82, 2.24) is 4.98 Å². The molecule has 0 unspecified atom stereocenters. The zero-order valence-corrected chi connectivity index (χ0v) is 5.02. The maximum atomic E-state index is 9.91. The summed E-state index contributed by atoms with van der Waals surface area (Å²) in [5, 5.41) is 8.10. The number of hydrogen-bond donors (Lipinski definition) is 1. The molecule has 0 aliphatic heterocycles. The fourth-order valence-corrected chi connectivity index (χ4v) is 0.497. The maximum absolute atomic E-state index is 9.91. The molecule has 0 aliphatic rings. The maximum Gasteiger partial charge on any atom is 0.512 e. The molecule has 52 valence electrons. The van der Waals surface area contributed by atoms with Crippen LogP contribution < -0.4 is 4.74 Å². The van der Waals surface area contributed by atoms with E-state index in [-0.39, 0.29) is 5.88 Å². The smallest absolute Gasteiger partial charge is 0.449 e. The van der Waals surface area contributed by atoms with Crippen LogP contribution in [-0.4, -0.2) is 16.2 Å². The molecule has 0 saturated carbocycles. The summed E-state index contributed by atoms with van der Waals surface area (Å²) in [5.41, 5.74) is 0. The van der Waals surface area contributed by atoms with Gasteiger partial charge in [0.1, 0.15) is 0 Å². The number of nitrogens with zero attached hydrogens (tertiary/aromatic N) is 1. The van der Waals surface area contributed by atoms with Gasteiger partial charge in [0.05, 0.1) is 0 Å². The Hall–Kier alpha value is -1.58. The van der Waals surface area contributed by atoms with E-state index in [9.17, 15) is 4.79 Å². The van der Waals surface area contributed by atoms with E-state index in [4.69, 9.17) is 5.11 Å². The average molecular weight is 139 g/mol. The van der Waals surface area contributed by atoms with Gasteiger partial charge < -0.3 is 9.84 Å². The molecule has 1 rings (SSSR count). The molecule has 1 aromatic rings. The number of rotatable bonds is 1. The van der Waals surface area contributed by atoms with Crippen molar-refractivity contribution in [2.75, 3.05) is 0 Å². The highest BCUT2D eigenvalue weighted by Gasteiger charge is 1.97. The first-order chi connectivity index (χ1) is 4.79. The topological polar surface area (TPSA) is 59.4 Å². The number of pyridine rings is 1. The lowest BCUT2D eigenvalue weighted by molar-refractivity contribution is 0.142. The highest BCUT2D eigenvalue weighted by molar-refractivity contribution is 5.60. The Balaban J connectivity index is 2.67. The van der Waals surface area contributed by atoms with E-state index in [1.54, 1.807) is 12.1 Å². The lowest BCUT2D eigenvalue weighted by Gasteiger charge is -1.94. The molecule has 0 atom stereocenters. The van der Waals surface area contributed by atoms with Crippen LogP contribution in [0.15, 0.2) is 24.4 Å². The van der Waals surface area contributed by atoms with Crippen molar-refractivity contribution in [1.29, 1.82) is 0 Å². The van der Waals surface area contributed by atoms with Crippen molar-refractivity contribution >= 4 is 6.16 Å². The van der Waals surface area contributed by atoms with Crippen molar-refractivity contribution in [3.05, 3.63) is 24.4 Å². The zero-order valence-electron chi connectivity index (χ0n) is 5.02. The molecule has 0 aliphatic carbocycles. The lowest BCUT2D eigenvalue weighted by atomic mass is 10.5. The summed E-state index contributed by atoms with van der Waals surface area (Å²) >= 11 is 0. The van der Waals surface area contributed by atoms with Gasteiger partial charge in [-0.3, -0.25) is 0 Å². The summed E-state index contributed by atoms with van der Waals surface area (Å²) in [4.78, 5) is 13.5. The quantitative estimate of drug-likeness (QED) is 0.592. The minimum absolute atomic E-state index is 0.0926. The molecule has 0 radical (unpaired) electrons. The van der Waals surface area contributed by atoms with Crippen molar-refractivity contribution < 1.29 is 14.6 Å². The summed E-state index contributed by atoms with van der Waals surface area (Å²) in [6.45, 7) is 0. The molecule has 10 heavy (non-hydrogen) atoms. The van der Waals surface area contributed by atoms with Crippen molar-refractivity contribution in [3.63, 3.8) is 0 Å². The van der Waals surface area contributed by atoms with E-state index in [1.807, 2.05) is 0 Å². The second kappa shape index (κ2) is 2.82. The van der Waals surface area contributed by atoms with Gasteiger partial charge in [0.15, 0.2) is 0 Å². The number of carboxylic acid groups (broad SMARTS) is 1. The largest absolute Gasteiger partial charge is 0.512 e. The Kier molecular flexibility index (Phi) is 1.84. The third-order valence-electron chi connectivity index (χ3n) is 0.830. The third-order valence-corrected chi connectivity index (χ3v) is 0.830. The number of aromatic nitrogens is 1. The number of hydrogen-bond acceptors (Lipinski definition) is 3. The minimum atomic E-state index is -1.35. The van der Waals surface area contributed by atoms with Crippen LogP contribution in [0.2, 0.25) is 0 Å². The number of ether oxygens (including phenoxy) is 1. The first kappa shape index (κ1) is 6.54. The second-order valence-corrected chi connectivity index (χ2v) is 1.54. The number of carbonyl (C=O) groups is 1. The standard InChI is InChI=1S/C6H5NO3/c8-6(9)10-5-3-1-2-4-7-5/h1-4H,(H,8,9). The molecule has 4 nitrogen and oxygen atoms in total. The molecule has 0 amide bonds. The van der Waals surface area contributed by atoms with Crippen LogP contribution in [0.25, 0.3) is 0 Å². The molecular formula is C6H5NO3. The Labute approximate surface area is 57.1 Å². The van der Waals surface area contributed by atoms with Gasteiger partial charge in [-0.15, -0.1) is 0 Å². The molecule has 0 saturated heterocycles. The van der Waals surface area contributed by atoms with Gasteiger partial charge in [0, 0.05) is 12.3 Å². The normalized spacial score (nSPS) is 8.80. The van der Waals surface area contributed by atoms with Gasteiger partial charge in [-0.05, 0) is 6.07 Å². The minimum Gasteiger partial charge on any atom is -0.449 e. The Bertz CT molecular complexity index is 222. The first-order valence-corrected chi connectivity index (χ1v) is 2.61. The van der Waals surface area contributed by atoms with Gasteiger partial charge in [-0.2, -0.15) is 0 Å². The fourth-order valence-electron chi connectivity index (χ4n) is 0.497. The molecule has 1 N–H and O–H groups in total. The first-order valence-electron chi connectivity index (χ1n) is 2.61. The molecular weight excluding hydrogens is 134 g/mol. The van der Waals surface area contributed by atoms with E-state index in [2.05, 4.69) is 9.72 Å². The Morgan fingerprint density at radius 2 is 2.40 bits per heavy atom. The van der Waals surface area contributed by atoms with Crippen LogP contribution in [0.3, 0.4) is 0 Å². The predicted octanol–water partition coefficient (Wildman–Crippen LogP) is 1.14. The summed E-state index contributed by atoms with van der Waals surface area (Å²) in [7, 11) is 0. The Morgan fingerprint density at radius 1 is 1.60 bits per heavy atom. The van der Waals surface area contributed by atoms with Crippen LogP contribution in [-0.2, 0) is 0 Å². The van der Waals surface area contributed by atoms with Crippen LogP contribution in [0.5, 0.6) is 5.88 Å². The zero-order chi connectivity index (χ0) is 7.40. The summed E-state index contributed by atoms with van der Waals surface area (Å²) < 4.78 is 4.22. The van der Waals surface area contributed by atoms with E-state index in [0.29, 0.717) is 0 Å². The van der Waals surface area contributed by atoms with E-state index >= 15 is 0 Å². The molecule has 4 heteroatoms. The average Bonchev–Trinajstić information content (AvgIpc) is 1.88. The van der Waals surface area contributed by atoms with Crippen LogP contribution in [0.4, 0.5) is 4.79 Å². The molecule has 0 spiro atoms. The van der Waals surface area contributed by atoms with Gasteiger partial charge in [-0.25, -0.2) is 9.78 Å². The van der Waals surface area contributed by atoms with Crippen LogP contribution in [0, 0.1) is 0 Å². The van der Waals surface area contributed by atoms with Gasteiger partial charge >= 0.3 is 6.16 Å². The molecule has 0 fully saturated rings. The fraction of sp³-hybridized carbons (Fsp3) is 0. The molecule has 0 bridgehead atoms. The Morgan fingerprint density at radius 3 is 2.90 bits per heavy atom. The lowest BCUT2D eigenvalue weighted by Crippen LogP contribution is -2.03. The summed E-state index contributed by atoms with van der Waals surface area (Å²) in [6.07, 6.45) is 0.108. The monoisotopic (exact) mass is 139 g/mol. The highest BCUT2D eigenvalue weighted by atomic mass is 16.7. The summed E-state index contributed by atoms with van der Waals surface area (Å²) in [5.74, 6) is 0.0926. The second-order valence-electron chi connectivity index (χ2n) is 1.54.